The van der Waals surface area contributed by atoms with Crippen LogP contribution in [0, 0.1) is 0 Å². The van der Waals surface area contributed by atoms with E-state index in [0.29, 0.717) is 12.8 Å². The largest absolute Gasteiger partial charge is 0.394 e. The van der Waals surface area contributed by atoms with Crippen LogP contribution < -0.4 is 5.32 Å². The van der Waals surface area contributed by atoms with Crippen molar-refractivity contribution in [3.8, 4) is 0 Å². The van der Waals surface area contributed by atoms with Crippen molar-refractivity contribution in [3.05, 3.63) is 36.5 Å². The number of allylic oxidation sites excluding steroid dienone is 6. The van der Waals surface area contributed by atoms with Gasteiger partial charge in [-0.05, 0) is 77.0 Å². The molecule has 0 aromatic heterocycles. The Labute approximate surface area is 304 Å². The molecule has 0 aromatic rings. The maximum atomic E-state index is 12.4. The summed E-state index contributed by atoms with van der Waals surface area (Å²) in [5.74, 6) is -0.164. The van der Waals surface area contributed by atoms with Crippen LogP contribution in [0.4, 0.5) is 0 Å². The molecule has 0 saturated heterocycles. The maximum absolute atomic E-state index is 12.4. The highest BCUT2D eigenvalue weighted by Gasteiger charge is 2.26. The van der Waals surface area contributed by atoms with E-state index in [2.05, 4.69) is 55.6 Å². The van der Waals surface area contributed by atoms with Crippen LogP contribution in [-0.2, 0) is 4.79 Å². The predicted octanol–water partition coefficient (Wildman–Crippen LogP) is 12.0. The normalized spacial score (nSPS) is 14.0. The lowest BCUT2D eigenvalue weighted by Crippen LogP contribution is -2.50. The zero-order chi connectivity index (χ0) is 35.9. The molecule has 0 aliphatic carbocycles. The van der Waals surface area contributed by atoms with E-state index in [4.69, 9.17) is 0 Å². The van der Waals surface area contributed by atoms with Gasteiger partial charge in [0.15, 0.2) is 0 Å². The van der Waals surface area contributed by atoms with Gasteiger partial charge in [-0.15, -0.1) is 0 Å². The lowest BCUT2D eigenvalue weighted by atomic mass is 10.0. The van der Waals surface area contributed by atoms with E-state index < -0.39 is 18.2 Å². The Balaban J connectivity index is 3.69. The second-order valence-corrected chi connectivity index (χ2v) is 14.5. The van der Waals surface area contributed by atoms with E-state index in [1.165, 1.54) is 141 Å². The third-order valence-corrected chi connectivity index (χ3v) is 9.69. The summed E-state index contributed by atoms with van der Waals surface area (Å²) in [6.45, 7) is 4.14. The molecule has 5 nitrogen and oxygen atoms in total. The van der Waals surface area contributed by atoms with E-state index in [0.717, 1.165) is 44.9 Å². The molecule has 288 valence electrons. The SMILES string of the molecule is CCCCCCC/C=C/CC/C=C/CCCC(O)C(O)C(CO)NC(=O)CCCCCCCCC/C=C\CCCCCCCCCCCC. The van der Waals surface area contributed by atoms with Crippen molar-refractivity contribution in [3.63, 3.8) is 0 Å². The first-order valence-electron chi connectivity index (χ1n) is 21.3. The van der Waals surface area contributed by atoms with E-state index >= 15 is 0 Å². The third kappa shape index (κ3) is 34.8. The Morgan fingerprint density at radius 1 is 0.490 bits per heavy atom. The number of carbonyl (C=O) groups excluding carboxylic acids is 1. The molecule has 0 spiro atoms. The Bertz CT molecular complexity index is 764. The van der Waals surface area contributed by atoms with E-state index in [1.54, 1.807) is 0 Å². The molecule has 0 aliphatic heterocycles. The predicted molar refractivity (Wildman–Crippen MR) is 213 cm³/mol. The standard InChI is InChI=1S/C44H83NO4/c1-3-5-7-9-11-13-15-17-19-20-21-22-23-24-25-27-29-31-33-35-37-39-43(48)45-41(40-46)44(49)42(47)38-36-34-32-30-28-26-18-16-14-12-10-8-6-4-2/h16,18,22-23,30,32,41-42,44,46-47,49H,3-15,17,19-21,24-29,31,33-40H2,1-2H3,(H,45,48)/b18-16+,23-22-,32-30+. The lowest BCUT2D eigenvalue weighted by Gasteiger charge is -2.26. The van der Waals surface area contributed by atoms with Crippen LogP contribution in [-0.4, -0.2) is 46.1 Å². The summed E-state index contributed by atoms with van der Waals surface area (Å²) in [5.41, 5.74) is 0. The third-order valence-electron chi connectivity index (χ3n) is 9.69. The first-order chi connectivity index (χ1) is 24.1. The van der Waals surface area contributed by atoms with Gasteiger partial charge in [0, 0.05) is 6.42 Å². The molecule has 0 aromatic carbocycles. The number of unbranched alkanes of at least 4 members (excludes halogenated alkanes) is 24. The van der Waals surface area contributed by atoms with Gasteiger partial charge in [0.2, 0.25) is 5.91 Å². The summed E-state index contributed by atoms with van der Waals surface area (Å²) in [6.07, 6.45) is 48.2. The van der Waals surface area contributed by atoms with Crippen LogP contribution >= 0.6 is 0 Å². The van der Waals surface area contributed by atoms with Crippen LogP contribution in [0.1, 0.15) is 213 Å². The van der Waals surface area contributed by atoms with Crippen molar-refractivity contribution in [2.75, 3.05) is 6.61 Å². The van der Waals surface area contributed by atoms with Crippen LogP contribution in [0.3, 0.4) is 0 Å². The minimum absolute atomic E-state index is 0.164. The van der Waals surface area contributed by atoms with Gasteiger partial charge in [0.1, 0.15) is 6.10 Å². The maximum Gasteiger partial charge on any atom is 0.220 e. The zero-order valence-electron chi connectivity index (χ0n) is 32.6. The number of aliphatic hydroxyl groups is 3. The Hall–Kier alpha value is -1.43. The summed E-state index contributed by atoms with van der Waals surface area (Å²) in [5, 5.41) is 33.4. The number of amides is 1. The molecule has 0 saturated carbocycles. The Morgan fingerprint density at radius 2 is 0.837 bits per heavy atom. The van der Waals surface area contributed by atoms with Crippen molar-refractivity contribution < 1.29 is 20.1 Å². The number of rotatable bonds is 38. The van der Waals surface area contributed by atoms with Crippen molar-refractivity contribution in [1.29, 1.82) is 0 Å². The first-order valence-corrected chi connectivity index (χ1v) is 21.3. The molecule has 0 rings (SSSR count). The molecule has 0 heterocycles. The molecular weight excluding hydrogens is 606 g/mol. The molecule has 49 heavy (non-hydrogen) atoms. The van der Waals surface area contributed by atoms with Gasteiger partial charge in [0.05, 0.1) is 18.8 Å². The van der Waals surface area contributed by atoms with E-state index in [1.807, 2.05) is 0 Å². The van der Waals surface area contributed by atoms with Gasteiger partial charge in [-0.25, -0.2) is 0 Å². The summed E-state index contributed by atoms with van der Waals surface area (Å²) < 4.78 is 0. The summed E-state index contributed by atoms with van der Waals surface area (Å²) in [4.78, 5) is 12.4. The van der Waals surface area contributed by atoms with Crippen LogP contribution in [0.5, 0.6) is 0 Å². The van der Waals surface area contributed by atoms with Crippen molar-refractivity contribution in [2.45, 2.75) is 231 Å². The molecule has 0 aliphatic rings. The molecule has 4 N–H and O–H groups in total. The monoisotopic (exact) mass is 690 g/mol. The number of carbonyl (C=O) groups is 1. The molecule has 0 fully saturated rings. The highest BCUT2D eigenvalue weighted by molar-refractivity contribution is 5.76. The zero-order valence-corrected chi connectivity index (χ0v) is 32.6. The summed E-state index contributed by atoms with van der Waals surface area (Å²) in [6, 6.07) is -0.833. The van der Waals surface area contributed by atoms with Crippen LogP contribution in [0.25, 0.3) is 0 Å². The van der Waals surface area contributed by atoms with E-state index in [-0.39, 0.29) is 12.5 Å². The van der Waals surface area contributed by atoms with Gasteiger partial charge < -0.3 is 20.6 Å². The minimum Gasteiger partial charge on any atom is -0.394 e. The van der Waals surface area contributed by atoms with Gasteiger partial charge in [-0.1, -0.05) is 166 Å². The van der Waals surface area contributed by atoms with Gasteiger partial charge in [-0.2, -0.15) is 0 Å². The molecule has 0 radical (unpaired) electrons. The van der Waals surface area contributed by atoms with Gasteiger partial charge in [0.25, 0.3) is 0 Å². The van der Waals surface area contributed by atoms with Crippen molar-refractivity contribution in [2.24, 2.45) is 0 Å². The highest BCUT2D eigenvalue weighted by Crippen LogP contribution is 2.14. The molecule has 1 amide bonds. The van der Waals surface area contributed by atoms with Gasteiger partial charge in [-0.3, -0.25) is 4.79 Å². The summed E-state index contributed by atoms with van der Waals surface area (Å²) in [7, 11) is 0. The van der Waals surface area contributed by atoms with Crippen molar-refractivity contribution in [1.82, 2.24) is 5.32 Å². The number of aliphatic hydroxyl groups excluding tert-OH is 3. The Morgan fingerprint density at radius 3 is 1.24 bits per heavy atom. The topological polar surface area (TPSA) is 89.8 Å². The molecule has 0 bridgehead atoms. The Kier molecular flexibility index (Phi) is 38.2. The minimum atomic E-state index is -1.17. The second-order valence-electron chi connectivity index (χ2n) is 14.5. The quantitative estimate of drug-likeness (QED) is 0.0384. The number of hydrogen-bond acceptors (Lipinski definition) is 4. The van der Waals surface area contributed by atoms with Crippen LogP contribution in [0.2, 0.25) is 0 Å². The molecule has 3 unspecified atom stereocenters. The fraction of sp³-hybridized carbons (Fsp3) is 0.841. The summed E-state index contributed by atoms with van der Waals surface area (Å²) >= 11 is 0. The number of hydrogen-bond donors (Lipinski definition) is 4. The average Bonchev–Trinajstić information content (AvgIpc) is 3.10. The number of nitrogens with one attached hydrogen (secondary N) is 1. The lowest BCUT2D eigenvalue weighted by molar-refractivity contribution is -0.124. The van der Waals surface area contributed by atoms with E-state index in [9.17, 15) is 20.1 Å². The smallest absolute Gasteiger partial charge is 0.220 e. The fourth-order valence-corrected chi connectivity index (χ4v) is 6.35. The fourth-order valence-electron chi connectivity index (χ4n) is 6.35. The second kappa shape index (κ2) is 39.4. The van der Waals surface area contributed by atoms with Crippen LogP contribution in [0.15, 0.2) is 36.5 Å². The van der Waals surface area contributed by atoms with Gasteiger partial charge >= 0.3 is 0 Å². The molecule has 3 atom stereocenters. The highest BCUT2D eigenvalue weighted by atomic mass is 16.3. The van der Waals surface area contributed by atoms with Crippen molar-refractivity contribution >= 4 is 5.91 Å². The molecule has 5 heteroatoms. The molecular formula is C44H83NO4. The first kappa shape index (κ1) is 47.6. The average molecular weight is 690 g/mol.